The molecule has 5 nitrogen and oxygen atoms in total. The number of para-hydroxylation sites is 1. The van der Waals surface area contributed by atoms with Gasteiger partial charge < -0.3 is 19.1 Å². The van der Waals surface area contributed by atoms with Crippen molar-refractivity contribution in [2.24, 2.45) is 0 Å². The Morgan fingerprint density at radius 3 is 2.46 bits per heavy atom. The number of hydrogen-bond acceptors (Lipinski definition) is 4. The van der Waals surface area contributed by atoms with E-state index in [1.54, 1.807) is 45.2 Å². The van der Waals surface area contributed by atoms with Gasteiger partial charge in [-0.15, -0.1) is 0 Å². The first-order valence-corrected chi connectivity index (χ1v) is 7.72. The number of methoxy groups -OCH3 is 2. The standard InChI is InChI=1S/C19H23NO4/c1-14(24-17-10-7-9-16(12-17)22-3)19(21)20(2)13-15-8-5-6-11-18(15)23-4/h5-12,14H,13H2,1-4H3/t14-/m1/s1. The SMILES string of the molecule is COc1cccc(O[C@H](C)C(=O)N(C)Cc2ccccc2OC)c1. The first-order valence-electron chi connectivity index (χ1n) is 7.72. The average molecular weight is 329 g/mol. The molecule has 24 heavy (non-hydrogen) atoms. The van der Waals surface area contributed by atoms with Crippen molar-refractivity contribution in [3.8, 4) is 17.2 Å². The molecule has 5 heteroatoms. The van der Waals surface area contributed by atoms with Crippen LogP contribution in [-0.2, 0) is 11.3 Å². The fourth-order valence-corrected chi connectivity index (χ4v) is 2.41. The van der Waals surface area contributed by atoms with Gasteiger partial charge in [-0.25, -0.2) is 0 Å². The summed E-state index contributed by atoms with van der Waals surface area (Å²) >= 11 is 0. The first-order chi connectivity index (χ1) is 11.5. The molecular formula is C19H23NO4. The summed E-state index contributed by atoms with van der Waals surface area (Å²) < 4.78 is 16.2. The number of nitrogens with zero attached hydrogens (tertiary/aromatic N) is 1. The van der Waals surface area contributed by atoms with Crippen molar-refractivity contribution in [1.29, 1.82) is 0 Å². The summed E-state index contributed by atoms with van der Waals surface area (Å²) in [5.41, 5.74) is 0.949. The van der Waals surface area contributed by atoms with Crippen LogP contribution in [-0.4, -0.2) is 38.2 Å². The molecule has 1 atom stereocenters. The summed E-state index contributed by atoms with van der Waals surface area (Å²) in [6.45, 7) is 2.19. The van der Waals surface area contributed by atoms with Crippen LogP contribution in [0.3, 0.4) is 0 Å². The average Bonchev–Trinajstić information content (AvgIpc) is 2.61. The molecule has 0 unspecified atom stereocenters. The van der Waals surface area contributed by atoms with Gasteiger partial charge in [0.15, 0.2) is 6.10 Å². The molecule has 0 N–H and O–H groups in total. The molecule has 0 aliphatic heterocycles. The highest BCUT2D eigenvalue weighted by atomic mass is 16.5. The lowest BCUT2D eigenvalue weighted by molar-refractivity contribution is -0.137. The van der Waals surface area contributed by atoms with E-state index in [0.717, 1.165) is 11.3 Å². The maximum atomic E-state index is 12.5. The molecule has 1 amide bonds. The number of rotatable bonds is 7. The van der Waals surface area contributed by atoms with Gasteiger partial charge >= 0.3 is 0 Å². The molecule has 0 bridgehead atoms. The predicted octanol–water partition coefficient (Wildman–Crippen LogP) is 3.13. The minimum Gasteiger partial charge on any atom is -0.497 e. The molecule has 0 aliphatic rings. The van der Waals surface area contributed by atoms with E-state index in [4.69, 9.17) is 14.2 Å². The van der Waals surface area contributed by atoms with Crippen LogP contribution in [0.5, 0.6) is 17.2 Å². The largest absolute Gasteiger partial charge is 0.497 e. The van der Waals surface area contributed by atoms with Crippen LogP contribution in [0.1, 0.15) is 12.5 Å². The minimum absolute atomic E-state index is 0.108. The van der Waals surface area contributed by atoms with Crippen molar-refractivity contribution in [2.45, 2.75) is 19.6 Å². The summed E-state index contributed by atoms with van der Waals surface area (Å²) in [7, 11) is 4.96. The second kappa shape index (κ2) is 8.24. The van der Waals surface area contributed by atoms with Crippen LogP contribution < -0.4 is 14.2 Å². The van der Waals surface area contributed by atoms with Gasteiger partial charge in [0.05, 0.1) is 14.2 Å². The Labute approximate surface area is 142 Å². The molecule has 0 saturated heterocycles. The molecule has 0 heterocycles. The van der Waals surface area contributed by atoms with Crippen LogP contribution in [0.15, 0.2) is 48.5 Å². The maximum absolute atomic E-state index is 12.5. The molecule has 128 valence electrons. The van der Waals surface area contributed by atoms with Crippen molar-refractivity contribution >= 4 is 5.91 Å². The summed E-state index contributed by atoms with van der Waals surface area (Å²) in [6.07, 6.45) is -0.600. The fourth-order valence-electron chi connectivity index (χ4n) is 2.41. The fraction of sp³-hybridized carbons (Fsp3) is 0.316. The van der Waals surface area contributed by atoms with E-state index in [-0.39, 0.29) is 5.91 Å². The van der Waals surface area contributed by atoms with E-state index in [0.29, 0.717) is 18.0 Å². The number of likely N-dealkylation sites (N-methyl/N-ethyl adjacent to an activating group) is 1. The van der Waals surface area contributed by atoms with E-state index >= 15 is 0 Å². The quantitative estimate of drug-likeness (QED) is 0.783. The molecule has 0 fully saturated rings. The highest BCUT2D eigenvalue weighted by Crippen LogP contribution is 2.22. The molecule has 2 aromatic rings. The number of benzene rings is 2. The molecule has 0 aromatic heterocycles. The molecule has 2 aromatic carbocycles. The van der Waals surface area contributed by atoms with Crippen LogP contribution in [0.4, 0.5) is 0 Å². The minimum atomic E-state index is -0.600. The lowest BCUT2D eigenvalue weighted by atomic mass is 10.2. The van der Waals surface area contributed by atoms with Crippen LogP contribution >= 0.6 is 0 Å². The molecule has 2 rings (SSSR count). The van der Waals surface area contributed by atoms with Crippen molar-refractivity contribution in [2.75, 3.05) is 21.3 Å². The van der Waals surface area contributed by atoms with Gasteiger partial charge in [0.1, 0.15) is 17.2 Å². The second-order valence-corrected chi connectivity index (χ2v) is 5.45. The lowest BCUT2D eigenvalue weighted by Crippen LogP contribution is -2.37. The van der Waals surface area contributed by atoms with Gasteiger partial charge in [0.2, 0.25) is 0 Å². The Bertz CT molecular complexity index is 687. The zero-order valence-corrected chi connectivity index (χ0v) is 14.5. The Morgan fingerprint density at radius 2 is 1.75 bits per heavy atom. The molecule has 0 aliphatic carbocycles. The Hall–Kier alpha value is -2.69. The van der Waals surface area contributed by atoms with Gasteiger partial charge in [-0.1, -0.05) is 24.3 Å². The number of hydrogen-bond donors (Lipinski definition) is 0. The van der Waals surface area contributed by atoms with E-state index in [1.807, 2.05) is 36.4 Å². The van der Waals surface area contributed by atoms with Crippen molar-refractivity contribution in [3.63, 3.8) is 0 Å². The molecule has 0 radical (unpaired) electrons. The number of amides is 1. The third-order valence-electron chi connectivity index (χ3n) is 3.68. The third kappa shape index (κ3) is 4.41. The number of carbonyl (C=O) groups is 1. The van der Waals surface area contributed by atoms with Crippen molar-refractivity contribution in [3.05, 3.63) is 54.1 Å². The van der Waals surface area contributed by atoms with Crippen LogP contribution in [0.2, 0.25) is 0 Å². The Morgan fingerprint density at radius 1 is 1.04 bits per heavy atom. The van der Waals surface area contributed by atoms with Crippen LogP contribution in [0, 0.1) is 0 Å². The van der Waals surface area contributed by atoms with Gasteiger partial charge in [-0.2, -0.15) is 0 Å². The highest BCUT2D eigenvalue weighted by Gasteiger charge is 2.20. The highest BCUT2D eigenvalue weighted by molar-refractivity contribution is 5.80. The first kappa shape index (κ1) is 17.7. The monoisotopic (exact) mass is 329 g/mol. The van der Waals surface area contributed by atoms with E-state index in [1.165, 1.54) is 0 Å². The third-order valence-corrected chi connectivity index (χ3v) is 3.68. The maximum Gasteiger partial charge on any atom is 0.263 e. The molecular weight excluding hydrogens is 306 g/mol. The van der Waals surface area contributed by atoms with Crippen molar-refractivity contribution < 1.29 is 19.0 Å². The molecule has 0 spiro atoms. The smallest absolute Gasteiger partial charge is 0.263 e. The van der Waals surface area contributed by atoms with Gasteiger partial charge in [0, 0.05) is 25.2 Å². The normalized spacial score (nSPS) is 11.5. The Balaban J connectivity index is 2.01. The zero-order chi connectivity index (χ0) is 17.5. The number of carbonyl (C=O) groups excluding carboxylic acids is 1. The van der Waals surface area contributed by atoms with Crippen molar-refractivity contribution in [1.82, 2.24) is 4.90 Å². The lowest BCUT2D eigenvalue weighted by Gasteiger charge is -2.23. The van der Waals surface area contributed by atoms with E-state index in [2.05, 4.69) is 0 Å². The topological polar surface area (TPSA) is 48.0 Å². The summed E-state index contributed by atoms with van der Waals surface area (Å²) in [5, 5.41) is 0. The summed E-state index contributed by atoms with van der Waals surface area (Å²) in [6, 6.07) is 14.8. The Kier molecular flexibility index (Phi) is 6.07. The van der Waals surface area contributed by atoms with Gasteiger partial charge in [0.25, 0.3) is 5.91 Å². The zero-order valence-electron chi connectivity index (χ0n) is 14.5. The van der Waals surface area contributed by atoms with E-state index in [9.17, 15) is 4.79 Å². The second-order valence-electron chi connectivity index (χ2n) is 5.45. The predicted molar refractivity (Wildman–Crippen MR) is 92.6 cm³/mol. The van der Waals surface area contributed by atoms with Gasteiger partial charge in [-0.05, 0) is 25.1 Å². The summed E-state index contributed by atoms with van der Waals surface area (Å²) in [4.78, 5) is 14.2. The number of ether oxygens (including phenoxy) is 3. The van der Waals surface area contributed by atoms with Gasteiger partial charge in [-0.3, -0.25) is 4.79 Å². The van der Waals surface area contributed by atoms with Crippen LogP contribution in [0.25, 0.3) is 0 Å². The molecule has 0 saturated carbocycles. The summed E-state index contributed by atoms with van der Waals surface area (Å²) in [5.74, 6) is 1.94. The van der Waals surface area contributed by atoms with E-state index < -0.39 is 6.10 Å².